The quantitative estimate of drug-likeness (QED) is 0.811. The Morgan fingerprint density at radius 2 is 1.80 bits per heavy atom. The Bertz CT molecular complexity index is 616. The third-order valence-corrected chi connectivity index (χ3v) is 4.36. The van der Waals surface area contributed by atoms with Gasteiger partial charge in [0.25, 0.3) is 0 Å². The van der Waals surface area contributed by atoms with Crippen LogP contribution in [0.15, 0.2) is 47.4 Å². The fraction of sp³-hybridized carbons (Fsp3) is 0.0714. The monoisotopic (exact) mass is 329 g/mol. The van der Waals surface area contributed by atoms with E-state index >= 15 is 0 Å². The number of thioether (sulfide) groups is 1. The normalized spacial score (nSPS) is 10.3. The molecule has 0 spiro atoms. The van der Waals surface area contributed by atoms with Crippen LogP contribution in [-0.2, 0) is 4.79 Å². The van der Waals surface area contributed by atoms with Crippen molar-refractivity contribution in [1.82, 2.24) is 0 Å². The van der Waals surface area contributed by atoms with Gasteiger partial charge in [-0.05, 0) is 30.3 Å². The van der Waals surface area contributed by atoms with Crippen molar-refractivity contribution >= 4 is 46.6 Å². The first-order valence-electron chi connectivity index (χ1n) is 5.68. The number of benzene rings is 2. The molecule has 1 amide bonds. The van der Waals surface area contributed by atoms with E-state index in [0.29, 0.717) is 20.6 Å². The van der Waals surface area contributed by atoms with Crippen molar-refractivity contribution in [3.05, 3.63) is 58.3 Å². The van der Waals surface area contributed by atoms with Gasteiger partial charge in [0.2, 0.25) is 5.91 Å². The van der Waals surface area contributed by atoms with Crippen LogP contribution in [0.4, 0.5) is 10.1 Å². The van der Waals surface area contributed by atoms with E-state index in [1.54, 1.807) is 24.3 Å². The largest absolute Gasteiger partial charge is 0.325 e. The third-order valence-electron chi connectivity index (χ3n) is 2.37. The molecule has 0 heterocycles. The van der Waals surface area contributed by atoms with Crippen LogP contribution < -0.4 is 5.32 Å². The van der Waals surface area contributed by atoms with Crippen molar-refractivity contribution in [1.29, 1.82) is 0 Å². The molecule has 20 heavy (non-hydrogen) atoms. The number of carbonyl (C=O) groups excluding carboxylic acids is 1. The van der Waals surface area contributed by atoms with Gasteiger partial charge in [-0.1, -0.05) is 35.3 Å². The molecule has 6 heteroatoms. The van der Waals surface area contributed by atoms with Gasteiger partial charge < -0.3 is 5.32 Å². The van der Waals surface area contributed by atoms with E-state index in [1.807, 2.05) is 0 Å². The number of anilines is 1. The number of hydrogen-bond acceptors (Lipinski definition) is 2. The summed E-state index contributed by atoms with van der Waals surface area (Å²) in [4.78, 5) is 12.4. The molecule has 0 aromatic heterocycles. The van der Waals surface area contributed by atoms with Crippen molar-refractivity contribution < 1.29 is 9.18 Å². The van der Waals surface area contributed by atoms with E-state index in [2.05, 4.69) is 5.32 Å². The van der Waals surface area contributed by atoms with Gasteiger partial charge in [-0.3, -0.25) is 4.79 Å². The molecule has 0 fully saturated rings. The second-order valence-corrected chi connectivity index (χ2v) is 5.70. The van der Waals surface area contributed by atoms with E-state index < -0.39 is 5.82 Å². The van der Waals surface area contributed by atoms with Crippen LogP contribution in [0.3, 0.4) is 0 Å². The van der Waals surface area contributed by atoms with Crippen molar-refractivity contribution in [3.63, 3.8) is 0 Å². The maximum atomic E-state index is 13.0. The molecule has 0 saturated carbocycles. The first-order chi connectivity index (χ1) is 9.56. The Morgan fingerprint density at radius 3 is 2.45 bits per heavy atom. The standard InChI is InChI=1S/C14H10Cl2FNOS/c15-11-5-2-6-12(16)14(11)20-8-13(19)18-10-4-1-3-9(17)7-10/h1-7H,8H2,(H,18,19). The molecule has 0 bridgehead atoms. The minimum absolute atomic E-state index is 0.139. The summed E-state index contributed by atoms with van der Waals surface area (Å²) < 4.78 is 13.0. The SMILES string of the molecule is O=C(CSc1c(Cl)cccc1Cl)Nc1cccc(F)c1. The lowest BCUT2D eigenvalue weighted by Gasteiger charge is -2.07. The lowest BCUT2D eigenvalue weighted by Crippen LogP contribution is -2.14. The second kappa shape index (κ2) is 6.97. The van der Waals surface area contributed by atoms with Crippen LogP contribution in [-0.4, -0.2) is 11.7 Å². The molecule has 2 aromatic carbocycles. The van der Waals surface area contributed by atoms with Gasteiger partial charge in [0.15, 0.2) is 0 Å². The molecular formula is C14H10Cl2FNOS. The molecule has 2 rings (SSSR count). The average Bonchev–Trinajstić information content (AvgIpc) is 2.38. The molecular weight excluding hydrogens is 320 g/mol. The van der Waals surface area contributed by atoms with Gasteiger partial charge >= 0.3 is 0 Å². The summed E-state index contributed by atoms with van der Waals surface area (Å²) >= 11 is 13.3. The fourth-order valence-corrected chi connectivity index (χ4v) is 3.01. The van der Waals surface area contributed by atoms with E-state index in [1.165, 1.54) is 30.0 Å². The number of hydrogen-bond donors (Lipinski definition) is 1. The predicted molar refractivity (Wildman–Crippen MR) is 82.2 cm³/mol. The minimum Gasteiger partial charge on any atom is -0.325 e. The highest BCUT2D eigenvalue weighted by molar-refractivity contribution is 8.00. The number of amides is 1. The van der Waals surface area contributed by atoms with Crippen LogP contribution in [0.5, 0.6) is 0 Å². The zero-order valence-electron chi connectivity index (χ0n) is 10.2. The summed E-state index contributed by atoms with van der Waals surface area (Å²) in [5.41, 5.74) is 0.417. The summed E-state index contributed by atoms with van der Waals surface area (Å²) in [5.74, 6) is -0.513. The molecule has 2 nitrogen and oxygen atoms in total. The molecule has 0 saturated heterocycles. The molecule has 0 radical (unpaired) electrons. The Morgan fingerprint density at radius 1 is 1.15 bits per heavy atom. The van der Waals surface area contributed by atoms with Crippen LogP contribution in [0, 0.1) is 5.82 Å². The van der Waals surface area contributed by atoms with Crippen LogP contribution >= 0.6 is 35.0 Å². The average molecular weight is 330 g/mol. The summed E-state index contributed by atoms with van der Waals surface area (Å²) in [5, 5.41) is 3.61. The highest BCUT2D eigenvalue weighted by Gasteiger charge is 2.09. The topological polar surface area (TPSA) is 29.1 Å². The number of rotatable bonds is 4. The lowest BCUT2D eigenvalue weighted by molar-refractivity contribution is -0.113. The smallest absolute Gasteiger partial charge is 0.234 e. The molecule has 2 aromatic rings. The molecule has 104 valence electrons. The second-order valence-electron chi connectivity index (χ2n) is 3.90. The van der Waals surface area contributed by atoms with Gasteiger partial charge in [0.1, 0.15) is 5.82 Å². The highest BCUT2D eigenvalue weighted by atomic mass is 35.5. The summed E-state index contributed by atoms with van der Waals surface area (Å²) in [6.07, 6.45) is 0. The fourth-order valence-electron chi connectivity index (χ4n) is 1.52. The zero-order chi connectivity index (χ0) is 14.5. The van der Waals surface area contributed by atoms with Gasteiger partial charge in [0, 0.05) is 10.6 Å². The van der Waals surface area contributed by atoms with E-state index in [9.17, 15) is 9.18 Å². The first kappa shape index (κ1) is 15.2. The first-order valence-corrected chi connectivity index (χ1v) is 7.42. The van der Waals surface area contributed by atoms with Gasteiger partial charge in [-0.25, -0.2) is 4.39 Å². The van der Waals surface area contributed by atoms with E-state index in [4.69, 9.17) is 23.2 Å². The van der Waals surface area contributed by atoms with E-state index in [0.717, 1.165) is 0 Å². The van der Waals surface area contributed by atoms with Gasteiger partial charge in [0.05, 0.1) is 15.8 Å². The third kappa shape index (κ3) is 4.13. The predicted octanol–water partition coefficient (Wildman–Crippen LogP) is 4.86. The van der Waals surface area contributed by atoms with Crippen molar-refractivity contribution in [2.45, 2.75) is 4.90 Å². The summed E-state index contributed by atoms with van der Waals surface area (Å²) in [7, 11) is 0. The van der Waals surface area contributed by atoms with Gasteiger partial charge in [-0.2, -0.15) is 0 Å². The molecule has 0 aliphatic heterocycles. The molecule has 1 N–H and O–H groups in total. The molecule has 0 atom stereocenters. The maximum Gasteiger partial charge on any atom is 0.234 e. The lowest BCUT2D eigenvalue weighted by atomic mass is 10.3. The van der Waals surface area contributed by atoms with Crippen molar-refractivity contribution in [3.8, 4) is 0 Å². The van der Waals surface area contributed by atoms with E-state index in [-0.39, 0.29) is 11.7 Å². The van der Waals surface area contributed by atoms with Crippen LogP contribution in [0.2, 0.25) is 10.0 Å². The van der Waals surface area contributed by atoms with Gasteiger partial charge in [-0.15, -0.1) is 11.8 Å². The van der Waals surface area contributed by atoms with Crippen molar-refractivity contribution in [2.24, 2.45) is 0 Å². The number of nitrogens with one attached hydrogen (secondary N) is 1. The Hall–Kier alpha value is -1.23. The molecule has 0 unspecified atom stereocenters. The summed E-state index contributed by atoms with van der Waals surface area (Å²) in [6, 6.07) is 10.9. The van der Waals surface area contributed by atoms with Crippen molar-refractivity contribution in [2.75, 3.05) is 11.1 Å². The summed E-state index contributed by atoms with van der Waals surface area (Å²) in [6.45, 7) is 0. The Balaban J connectivity index is 1.96. The molecule has 0 aliphatic rings. The Labute approximate surface area is 130 Å². The Kier molecular flexibility index (Phi) is 5.29. The maximum absolute atomic E-state index is 13.0. The van der Waals surface area contributed by atoms with Crippen LogP contribution in [0.25, 0.3) is 0 Å². The highest BCUT2D eigenvalue weighted by Crippen LogP contribution is 2.33. The number of carbonyl (C=O) groups is 1. The minimum atomic E-state index is -0.399. The molecule has 0 aliphatic carbocycles. The number of halogens is 3. The zero-order valence-corrected chi connectivity index (χ0v) is 12.5. The van der Waals surface area contributed by atoms with Crippen LogP contribution in [0.1, 0.15) is 0 Å².